The number of halogens is 1. The molecule has 1 N–H and O–H groups in total. The molecule has 4 rings (SSSR count). The first-order chi connectivity index (χ1) is 16.4. The van der Waals surface area contributed by atoms with Crippen LogP contribution in [-0.2, 0) is 9.59 Å². The van der Waals surface area contributed by atoms with Crippen molar-refractivity contribution in [1.82, 2.24) is 9.80 Å². The van der Waals surface area contributed by atoms with Crippen LogP contribution in [0.25, 0.3) is 5.76 Å². The number of aliphatic hydroxyl groups is 1. The highest BCUT2D eigenvalue weighted by molar-refractivity contribution is 6.46. The second kappa shape index (κ2) is 10.5. The van der Waals surface area contributed by atoms with E-state index in [0.717, 1.165) is 19.6 Å². The lowest BCUT2D eigenvalue weighted by atomic mass is 9.95. The second-order valence-electron chi connectivity index (χ2n) is 8.28. The molecule has 0 aromatic heterocycles. The summed E-state index contributed by atoms with van der Waals surface area (Å²) in [4.78, 5) is 30.1. The first-order valence-electron chi connectivity index (χ1n) is 11.6. The van der Waals surface area contributed by atoms with Crippen LogP contribution in [0.1, 0.15) is 37.4 Å². The van der Waals surface area contributed by atoms with E-state index in [1.807, 2.05) is 0 Å². The third kappa shape index (κ3) is 4.76. The molecule has 1 fully saturated rings. The second-order valence-corrected chi connectivity index (χ2v) is 8.72. The van der Waals surface area contributed by atoms with E-state index in [9.17, 15) is 14.7 Å². The summed E-state index contributed by atoms with van der Waals surface area (Å²) in [7, 11) is 0. The number of rotatable bonds is 8. The number of likely N-dealkylation sites (tertiary alicyclic amines) is 1. The van der Waals surface area contributed by atoms with E-state index in [-0.39, 0.29) is 11.3 Å². The van der Waals surface area contributed by atoms with E-state index in [2.05, 4.69) is 18.7 Å². The van der Waals surface area contributed by atoms with Crippen molar-refractivity contribution in [1.29, 1.82) is 0 Å². The molecular formula is C26H29ClN2O5. The van der Waals surface area contributed by atoms with Crippen molar-refractivity contribution < 1.29 is 24.2 Å². The molecule has 0 unspecified atom stereocenters. The normalized spacial score (nSPS) is 19.2. The van der Waals surface area contributed by atoms with Gasteiger partial charge in [-0.15, -0.1) is 0 Å². The maximum Gasteiger partial charge on any atom is 0.295 e. The number of hydrogen-bond donors (Lipinski definition) is 1. The molecule has 0 spiro atoms. The minimum Gasteiger partial charge on any atom is -0.507 e. The minimum absolute atomic E-state index is 0.0619. The molecule has 2 aliphatic rings. The van der Waals surface area contributed by atoms with Crippen LogP contribution in [0.3, 0.4) is 0 Å². The molecule has 1 saturated heterocycles. The number of aliphatic hydroxyl groups excluding tert-OH is 1. The van der Waals surface area contributed by atoms with Gasteiger partial charge in [-0.3, -0.25) is 9.59 Å². The third-order valence-corrected chi connectivity index (χ3v) is 6.56. The largest absolute Gasteiger partial charge is 0.507 e. The fourth-order valence-electron chi connectivity index (χ4n) is 4.45. The van der Waals surface area contributed by atoms with E-state index >= 15 is 0 Å². The SMILES string of the molecule is CCN(CC)CCCN1C(=O)C(=O)C(=C(O)c2ccc3c(c2)OCCO3)[C@@H]1c1ccc(Cl)cc1. The number of nitrogens with zero attached hydrogens (tertiary/aromatic N) is 2. The van der Waals surface area contributed by atoms with Crippen LogP contribution in [0.4, 0.5) is 0 Å². The summed E-state index contributed by atoms with van der Waals surface area (Å²) in [6.45, 7) is 8.08. The minimum atomic E-state index is -0.706. The molecule has 8 heteroatoms. The maximum absolute atomic E-state index is 13.2. The summed E-state index contributed by atoms with van der Waals surface area (Å²) < 4.78 is 11.2. The van der Waals surface area contributed by atoms with Gasteiger partial charge >= 0.3 is 0 Å². The van der Waals surface area contributed by atoms with Gasteiger partial charge in [-0.25, -0.2) is 0 Å². The molecule has 1 atom stereocenters. The molecule has 2 heterocycles. The van der Waals surface area contributed by atoms with E-state index in [1.165, 1.54) is 0 Å². The number of ketones is 1. The third-order valence-electron chi connectivity index (χ3n) is 6.31. The van der Waals surface area contributed by atoms with Crippen LogP contribution in [0.5, 0.6) is 11.5 Å². The summed E-state index contributed by atoms with van der Waals surface area (Å²) in [6, 6.07) is 11.3. The van der Waals surface area contributed by atoms with Gasteiger partial charge in [-0.2, -0.15) is 0 Å². The Morgan fingerprint density at radius 2 is 1.74 bits per heavy atom. The molecule has 2 aliphatic heterocycles. The summed E-state index contributed by atoms with van der Waals surface area (Å²) >= 11 is 6.08. The number of Topliss-reactive ketones (excluding diaryl/α,β-unsaturated/α-hetero) is 1. The molecule has 0 bridgehead atoms. The Balaban J connectivity index is 1.72. The van der Waals surface area contributed by atoms with Gasteiger partial charge in [0.05, 0.1) is 11.6 Å². The maximum atomic E-state index is 13.2. The van der Waals surface area contributed by atoms with Crippen LogP contribution < -0.4 is 9.47 Å². The lowest BCUT2D eigenvalue weighted by molar-refractivity contribution is -0.140. The fraction of sp³-hybridized carbons (Fsp3) is 0.385. The van der Waals surface area contributed by atoms with E-state index in [1.54, 1.807) is 47.4 Å². The number of benzene rings is 2. The first-order valence-corrected chi connectivity index (χ1v) is 12.0. The zero-order valence-electron chi connectivity index (χ0n) is 19.4. The lowest BCUT2D eigenvalue weighted by Crippen LogP contribution is -2.33. The van der Waals surface area contributed by atoms with Crippen molar-refractivity contribution in [2.24, 2.45) is 0 Å². The van der Waals surface area contributed by atoms with Crippen LogP contribution in [-0.4, -0.2) is 66.0 Å². The average molecular weight is 485 g/mol. The van der Waals surface area contributed by atoms with Gasteiger partial charge in [0.2, 0.25) is 0 Å². The fourth-order valence-corrected chi connectivity index (χ4v) is 4.58. The molecule has 7 nitrogen and oxygen atoms in total. The Labute approximate surface area is 204 Å². The molecular weight excluding hydrogens is 456 g/mol. The molecule has 34 heavy (non-hydrogen) atoms. The van der Waals surface area contributed by atoms with Crippen LogP contribution in [0, 0.1) is 0 Å². The van der Waals surface area contributed by atoms with Crippen molar-refractivity contribution in [3.63, 3.8) is 0 Å². The number of carbonyl (C=O) groups excluding carboxylic acids is 2. The molecule has 2 aromatic rings. The van der Waals surface area contributed by atoms with E-state index in [4.69, 9.17) is 21.1 Å². The topological polar surface area (TPSA) is 79.3 Å². The predicted octanol–water partition coefficient (Wildman–Crippen LogP) is 4.26. The Kier molecular flexibility index (Phi) is 7.44. The highest BCUT2D eigenvalue weighted by atomic mass is 35.5. The van der Waals surface area contributed by atoms with Crippen LogP contribution >= 0.6 is 11.6 Å². The van der Waals surface area contributed by atoms with Crippen LogP contribution in [0.2, 0.25) is 5.02 Å². The van der Waals surface area contributed by atoms with Gasteiger partial charge in [0.25, 0.3) is 11.7 Å². The Bertz CT molecular complexity index is 1090. The molecule has 0 aliphatic carbocycles. The Morgan fingerprint density at radius 3 is 2.41 bits per heavy atom. The standard InChI is InChI=1S/C26H29ClN2O5/c1-3-28(4-2)12-5-13-29-23(17-6-9-19(27)10-7-17)22(25(31)26(29)32)24(30)18-8-11-20-21(16-18)34-15-14-33-20/h6-11,16,23,30H,3-5,12-15H2,1-2H3/t23-/m0/s1. The van der Waals surface area contributed by atoms with Gasteiger partial charge in [0.15, 0.2) is 11.5 Å². The molecule has 2 aromatic carbocycles. The van der Waals surface area contributed by atoms with Gasteiger partial charge in [-0.1, -0.05) is 37.6 Å². The lowest BCUT2D eigenvalue weighted by Gasteiger charge is -2.27. The van der Waals surface area contributed by atoms with Gasteiger partial charge in [-0.05, 0) is 62.0 Å². The first kappa shape index (κ1) is 24.1. The van der Waals surface area contributed by atoms with Crippen molar-refractivity contribution >= 4 is 29.1 Å². The average Bonchev–Trinajstić information content (AvgIpc) is 3.11. The molecule has 0 radical (unpaired) electrons. The number of carbonyl (C=O) groups is 2. The molecule has 0 saturated carbocycles. The quantitative estimate of drug-likeness (QED) is 0.342. The molecule has 180 valence electrons. The van der Waals surface area contributed by atoms with Crippen molar-refractivity contribution in [2.45, 2.75) is 26.3 Å². The number of hydrogen-bond acceptors (Lipinski definition) is 6. The highest BCUT2D eigenvalue weighted by Crippen LogP contribution is 2.41. The highest BCUT2D eigenvalue weighted by Gasteiger charge is 2.45. The Hall–Kier alpha value is -3.03. The van der Waals surface area contributed by atoms with Gasteiger partial charge in [0, 0.05) is 17.1 Å². The summed E-state index contributed by atoms with van der Waals surface area (Å²) in [5.74, 6) is -0.476. The van der Waals surface area contributed by atoms with Crippen molar-refractivity contribution in [2.75, 3.05) is 39.4 Å². The van der Waals surface area contributed by atoms with Crippen LogP contribution in [0.15, 0.2) is 48.0 Å². The summed E-state index contributed by atoms with van der Waals surface area (Å²) in [5.41, 5.74) is 1.17. The number of ether oxygens (including phenoxy) is 2. The number of fused-ring (bicyclic) bond motifs is 1. The Morgan fingerprint density at radius 1 is 1.06 bits per heavy atom. The monoisotopic (exact) mass is 484 g/mol. The predicted molar refractivity (Wildman–Crippen MR) is 130 cm³/mol. The zero-order chi connectivity index (χ0) is 24.2. The smallest absolute Gasteiger partial charge is 0.295 e. The van der Waals surface area contributed by atoms with Gasteiger partial charge in [0.1, 0.15) is 19.0 Å². The van der Waals surface area contributed by atoms with Crippen molar-refractivity contribution in [3.05, 3.63) is 64.2 Å². The van der Waals surface area contributed by atoms with E-state index < -0.39 is 17.7 Å². The summed E-state index contributed by atoms with van der Waals surface area (Å²) in [5, 5.41) is 11.8. The molecule has 1 amide bonds. The van der Waals surface area contributed by atoms with E-state index in [0.29, 0.717) is 53.8 Å². The van der Waals surface area contributed by atoms with Gasteiger partial charge < -0.3 is 24.4 Å². The summed E-state index contributed by atoms with van der Waals surface area (Å²) in [6.07, 6.45) is 0.711. The van der Waals surface area contributed by atoms with Crippen molar-refractivity contribution in [3.8, 4) is 11.5 Å². The zero-order valence-corrected chi connectivity index (χ0v) is 20.2. The number of amides is 1.